The van der Waals surface area contributed by atoms with Gasteiger partial charge in [-0.05, 0) is 112 Å². The molecule has 32 heavy (non-hydrogen) atoms. The second kappa shape index (κ2) is 7.95. The van der Waals surface area contributed by atoms with Crippen LogP contribution in [0.2, 0.25) is 0 Å². The molecule has 3 N–H and O–H groups in total. The van der Waals surface area contributed by atoms with Crippen molar-refractivity contribution in [3.63, 3.8) is 0 Å². The maximum atomic E-state index is 12.6. The first kappa shape index (κ1) is 23.1. The Morgan fingerprint density at radius 1 is 1.00 bits per heavy atom. The van der Waals surface area contributed by atoms with Gasteiger partial charge in [0.2, 0.25) is 0 Å². The van der Waals surface area contributed by atoms with E-state index in [2.05, 4.69) is 13.8 Å². The zero-order valence-electron chi connectivity index (χ0n) is 20.6. The predicted octanol–water partition coefficient (Wildman–Crippen LogP) is 4.44. The van der Waals surface area contributed by atoms with Gasteiger partial charge in [-0.25, -0.2) is 0 Å². The molecule has 0 aromatic rings. The van der Waals surface area contributed by atoms with Crippen molar-refractivity contribution in [2.75, 3.05) is 7.11 Å². The van der Waals surface area contributed by atoms with E-state index >= 15 is 0 Å². The molecule has 5 rings (SSSR count). The highest BCUT2D eigenvalue weighted by Gasteiger charge is 2.67. The molecule has 4 aliphatic carbocycles. The summed E-state index contributed by atoms with van der Waals surface area (Å²) < 4.78 is 11.5. The fourth-order valence-electron chi connectivity index (χ4n) is 9.57. The fourth-order valence-corrected chi connectivity index (χ4v) is 9.57. The molecule has 5 aliphatic rings. The van der Waals surface area contributed by atoms with Gasteiger partial charge in [-0.2, -0.15) is 0 Å². The van der Waals surface area contributed by atoms with Crippen molar-refractivity contribution in [2.24, 2.45) is 46.2 Å². The Morgan fingerprint density at radius 3 is 2.50 bits per heavy atom. The number of fused-ring (bicyclic) bond motifs is 5. The average molecular weight is 448 g/mol. The van der Waals surface area contributed by atoms with Gasteiger partial charge in [0.05, 0.1) is 31.3 Å². The van der Waals surface area contributed by atoms with Crippen molar-refractivity contribution in [3.05, 3.63) is 0 Å². The number of esters is 1. The zero-order valence-corrected chi connectivity index (χ0v) is 20.6. The molecule has 1 aliphatic heterocycles. The van der Waals surface area contributed by atoms with Gasteiger partial charge < -0.3 is 20.3 Å². The molecule has 0 bridgehead atoms. The topological polar surface area (TPSA) is 81.8 Å². The smallest absolute Gasteiger partial charge is 0.309 e. The number of carbonyl (C=O) groups excluding carboxylic acids is 1. The minimum atomic E-state index is -0.298. The maximum Gasteiger partial charge on any atom is 0.309 e. The van der Waals surface area contributed by atoms with Gasteiger partial charge in [-0.15, -0.1) is 0 Å². The van der Waals surface area contributed by atoms with Crippen molar-refractivity contribution in [1.29, 1.82) is 0 Å². The first-order valence-electron chi connectivity index (χ1n) is 13.3. The Balaban J connectivity index is 1.33. The summed E-state index contributed by atoms with van der Waals surface area (Å²) in [4.78, 5) is 12.6. The highest BCUT2D eigenvalue weighted by Crippen LogP contribution is 2.68. The van der Waals surface area contributed by atoms with E-state index in [1.807, 2.05) is 6.92 Å². The summed E-state index contributed by atoms with van der Waals surface area (Å²) in [7, 11) is 1.52. The van der Waals surface area contributed by atoms with Gasteiger partial charge in [0.25, 0.3) is 0 Å². The molecule has 182 valence electrons. The molecule has 1 saturated heterocycles. The number of aliphatic hydroxyl groups is 1. The molecular formula is C27H45NO4. The SMILES string of the molecule is COC(=O)[C@H]1CC[C@@]2(N)[C@@H]3CC[C@@H]4C[C@@H]([C@H]5CC[C@@H](O)[C@H](C)O5)CC[C@]4(C)[C@H]3CC[C@]12C. The van der Waals surface area contributed by atoms with Gasteiger partial charge in [0.15, 0.2) is 0 Å². The molecule has 5 fully saturated rings. The molecule has 0 aromatic carbocycles. The van der Waals surface area contributed by atoms with E-state index in [0.717, 1.165) is 38.0 Å². The molecule has 0 amide bonds. The van der Waals surface area contributed by atoms with Crippen LogP contribution in [-0.2, 0) is 14.3 Å². The van der Waals surface area contributed by atoms with Crippen molar-refractivity contribution in [1.82, 2.24) is 0 Å². The van der Waals surface area contributed by atoms with Gasteiger partial charge >= 0.3 is 5.97 Å². The molecule has 1 heterocycles. The quantitative estimate of drug-likeness (QED) is 0.612. The van der Waals surface area contributed by atoms with Crippen LogP contribution in [0, 0.1) is 40.4 Å². The normalized spacial score (nSPS) is 55.4. The van der Waals surface area contributed by atoms with Crippen LogP contribution in [0.4, 0.5) is 0 Å². The highest BCUT2D eigenvalue weighted by molar-refractivity contribution is 5.74. The van der Waals surface area contributed by atoms with Gasteiger partial charge in [0.1, 0.15) is 0 Å². The molecule has 4 saturated carbocycles. The summed E-state index contributed by atoms with van der Waals surface area (Å²) in [6, 6.07) is 0. The summed E-state index contributed by atoms with van der Waals surface area (Å²) in [6.07, 6.45) is 12.2. The molecule has 0 radical (unpaired) electrons. The number of nitrogens with two attached hydrogens (primary N) is 1. The van der Waals surface area contributed by atoms with E-state index in [1.165, 1.54) is 45.6 Å². The predicted molar refractivity (Wildman–Crippen MR) is 124 cm³/mol. The Morgan fingerprint density at radius 2 is 1.78 bits per heavy atom. The van der Waals surface area contributed by atoms with E-state index in [0.29, 0.717) is 29.3 Å². The highest BCUT2D eigenvalue weighted by atomic mass is 16.5. The lowest BCUT2D eigenvalue weighted by atomic mass is 9.42. The lowest BCUT2D eigenvalue weighted by Gasteiger charge is -2.64. The number of ether oxygens (including phenoxy) is 2. The van der Waals surface area contributed by atoms with E-state index in [9.17, 15) is 9.90 Å². The summed E-state index contributed by atoms with van der Waals surface area (Å²) in [5.74, 6) is 2.49. The number of aliphatic hydroxyl groups excluding tert-OH is 1. The Kier molecular flexibility index (Phi) is 5.74. The second-order valence-corrected chi connectivity index (χ2v) is 12.7. The number of hydrogen-bond donors (Lipinski definition) is 2. The largest absolute Gasteiger partial charge is 0.469 e. The third-order valence-corrected chi connectivity index (χ3v) is 11.7. The van der Waals surface area contributed by atoms with Crippen LogP contribution >= 0.6 is 0 Å². The number of methoxy groups -OCH3 is 1. The molecule has 0 unspecified atom stereocenters. The Hall–Kier alpha value is -0.650. The third-order valence-electron chi connectivity index (χ3n) is 11.7. The van der Waals surface area contributed by atoms with Crippen LogP contribution in [0.15, 0.2) is 0 Å². The van der Waals surface area contributed by atoms with Crippen molar-refractivity contribution in [2.45, 2.75) is 115 Å². The third kappa shape index (κ3) is 3.16. The van der Waals surface area contributed by atoms with Crippen molar-refractivity contribution in [3.8, 4) is 0 Å². The van der Waals surface area contributed by atoms with Crippen LogP contribution in [0.3, 0.4) is 0 Å². The van der Waals surface area contributed by atoms with Crippen LogP contribution in [-0.4, -0.2) is 42.0 Å². The molecular weight excluding hydrogens is 402 g/mol. The van der Waals surface area contributed by atoms with E-state index in [4.69, 9.17) is 15.2 Å². The van der Waals surface area contributed by atoms with Gasteiger partial charge in [-0.3, -0.25) is 4.79 Å². The molecule has 11 atom stereocenters. The maximum absolute atomic E-state index is 12.6. The minimum Gasteiger partial charge on any atom is -0.469 e. The standard InChI is InChI=1S/C27H45NO4/c1-16-22(29)7-8-23(32-16)17-9-12-25(2)18(15-17)5-6-20-19(25)10-13-26(3)21(24(30)31-4)11-14-27(20,26)28/h16-23,29H,5-15,28H2,1-4H3/t16-,17-,18+,19-,20+,21+,22+,23+,25-,26+,27+/m0/s1. The fraction of sp³-hybridized carbons (Fsp3) is 0.963. The van der Waals surface area contributed by atoms with E-state index < -0.39 is 0 Å². The first-order valence-corrected chi connectivity index (χ1v) is 13.3. The monoisotopic (exact) mass is 447 g/mol. The van der Waals surface area contributed by atoms with Gasteiger partial charge in [0, 0.05) is 5.54 Å². The zero-order chi connectivity index (χ0) is 22.9. The molecule has 5 nitrogen and oxygen atoms in total. The Bertz CT molecular complexity index is 743. The molecule has 0 aromatic heterocycles. The number of hydrogen-bond acceptors (Lipinski definition) is 5. The minimum absolute atomic E-state index is 0.0314. The van der Waals surface area contributed by atoms with Crippen LogP contribution in [0.5, 0.6) is 0 Å². The lowest BCUT2D eigenvalue weighted by Crippen LogP contribution is -2.66. The van der Waals surface area contributed by atoms with Crippen LogP contribution in [0.1, 0.15) is 91.4 Å². The summed E-state index contributed by atoms with van der Waals surface area (Å²) in [5, 5.41) is 10.1. The Labute approximate surface area is 194 Å². The lowest BCUT2D eigenvalue weighted by molar-refractivity contribution is -0.168. The molecule has 5 heteroatoms. The summed E-state index contributed by atoms with van der Waals surface area (Å²) >= 11 is 0. The number of carbonyl (C=O) groups is 1. The summed E-state index contributed by atoms with van der Waals surface area (Å²) in [6.45, 7) is 6.88. The van der Waals surface area contributed by atoms with E-state index in [1.54, 1.807) is 0 Å². The first-order chi connectivity index (χ1) is 15.1. The summed E-state index contributed by atoms with van der Waals surface area (Å²) in [5.41, 5.74) is 7.33. The van der Waals surface area contributed by atoms with Crippen LogP contribution < -0.4 is 5.73 Å². The van der Waals surface area contributed by atoms with Crippen molar-refractivity contribution < 1.29 is 19.4 Å². The van der Waals surface area contributed by atoms with Crippen LogP contribution in [0.25, 0.3) is 0 Å². The van der Waals surface area contributed by atoms with Gasteiger partial charge in [-0.1, -0.05) is 13.8 Å². The molecule has 0 spiro atoms. The van der Waals surface area contributed by atoms with Crippen molar-refractivity contribution >= 4 is 5.97 Å². The van der Waals surface area contributed by atoms with E-state index in [-0.39, 0.29) is 35.0 Å². The second-order valence-electron chi connectivity index (χ2n) is 12.7. The average Bonchev–Trinajstić information content (AvgIpc) is 3.06. The number of rotatable bonds is 2.